The number of aromatic nitrogens is 2. The standard InChI is InChI=1S/C15H16N3O2/c1-3-4-14(20-2)18-15(19)13(10-17-18)12-7-5-11(9-16)6-8-12/h5-8,10,14,19H,1,3-4H2,2H3. The third kappa shape index (κ3) is 2.65. The van der Waals surface area contributed by atoms with Gasteiger partial charge in [0.05, 0.1) is 23.4 Å². The zero-order valence-corrected chi connectivity index (χ0v) is 11.3. The van der Waals surface area contributed by atoms with Gasteiger partial charge in [0.2, 0.25) is 5.88 Å². The van der Waals surface area contributed by atoms with Crippen molar-refractivity contribution in [1.82, 2.24) is 9.78 Å². The van der Waals surface area contributed by atoms with E-state index in [1.165, 1.54) is 4.68 Å². The lowest BCUT2D eigenvalue weighted by atomic mass is 10.1. The summed E-state index contributed by atoms with van der Waals surface area (Å²) in [5, 5.41) is 23.2. The van der Waals surface area contributed by atoms with Gasteiger partial charge in [-0.2, -0.15) is 10.4 Å². The highest BCUT2D eigenvalue weighted by Gasteiger charge is 2.18. The van der Waals surface area contributed by atoms with E-state index in [0.717, 1.165) is 5.56 Å². The van der Waals surface area contributed by atoms with Crippen LogP contribution >= 0.6 is 0 Å². The Labute approximate surface area is 118 Å². The summed E-state index contributed by atoms with van der Waals surface area (Å²) in [5.74, 6) is 0.0509. The molecule has 103 valence electrons. The summed E-state index contributed by atoms with van der Waals surface area (Å²) in [5.41, 5.74) is 1.99. The van der Waals surface area contributed by atoms with Crippen LogP contribution in [0.4, 0.5) is 0 Å². The zero-order chi connectivity index (χ0) is 14.5. The zero-order valence-electron chi connectivity index (χ0n) is 11.3. The Kier molecular flexibility index (Phi) is 4.38. The Morgan fingerprint density at radius 1 is 1.45 bits per heavy atom. The molecule has 0 amide bonds. The van der Waals surface area contributed by atoms with Gasteiger partial charge in [-0.3, -0.25) is 0 Å². The molecule has 0 fully saturated rings. The van der Waals surface area contributed by atoms with Gasteiger partial charge in [-0.15, -0.1) is 0 Å². The first-order chi connectivity index (χ1) is 9.71. The smallest absolute Gasteiger partial charge is 0.219 e. The lowest BCUT2D eigenvalue weighted by Gasteiger charge is -2.15. The molecule has 1 heterocycles. The molecule has 5 nitrogen and oxygen atoms in total. The third-order valence-corrected chi connectivity index (χ3v) is 3.09. The Bertz CT molecular complexity index is 611. The van der Waals surface area contributed by atoms with E-state index >= 15 is 0 Å². The Morgan fingerprint density at radius 2 is 2.15 bits per heavy atom. The molecule has 0 aliphatic carbocycles. The van der Waals surface area contributed by atoms with E-state index in [1.807, 2.05) is 0 Å². The van der Waals surface area contributed by atoms with Gasteiger partial charge in [0.1, 0.15) is 0 Å². The predicted octanol–water partition coefficient (Wildman–Crippen LogP) is 2.89. The molecule has 0 aliphatic heterocycles. The second-order valence-corrected chi connectivity index (χ2v) is 4.35. The van der Waals surface area contributed by atoms with Gasteiger partial charge < -0.3 is 9.84 Å². The Morgan fingerprint density at radius 3 is 2.70 bits per heavy atom. The molecule has 1 unspecified atom stereocenters. The average molecular weight is 270 g/mol. The van der Waals surface area contributed by atoms with Crippen molar-refractivity contribution in [2.24, 2.45) is 0 Å². The van der Waals surface area contributed by atoms with Crippen molar-refractivity contribution in [2.75, 3.05) is 7.11 Å². The molecule has 0 spiro atoms. The number of aromatic hydroxyl groups is 1. The summed E-state index contributed by atoms with van der Waals surface area (Å²) in [7, 11) is 1.57. The van der Waals surface area contributed by atoms with Crippen LogP contribution in [0.3, 0.4) is 0 Å². The Balaban J connectivity index is 2.34. The van der Waals surface area contributed by atoms with Crippen molar-refractivity contribution in [3.8, 4) is 23.1 Å². The highest BCUT2D eigenvalue weighted by atomic mass is 16.5. The van der Waals surface area contributed by atoms with Crippen LogP contribution < -0.4 is 0 Å². The number of rotatable bonds is 5. The molecule has 2 rings (SSSR count). The summed E-state index contributed by atoms with van der Waals surface area (Å²) in [4.78, 5) is 0. The summed E-state index contributed by atoms with van der Waals surface area (Å²) in [6.07, 6.45) is 2.61. The molecule has 5 heteroatoms. The SMILES string of the molecule is [CH2]CCC(OC)n1ncc(-c2ccc(C#N)cc2)c1O. The average Bonchev–Trinajstić information content (AvgIpc) is 2.86. The van der Waals surface area contributed by atoms with E-state index in [9.17, 15) is 5.11 Å². The second kappa shape index (κ2) is 6.22. The molecule has 0 saturated carbocycles. The highest BCUT2D eigenvalue weighted by molar-refractivity contribution is 5.68. The number of methoxy groups -OCH3 is 1. The second-order valence-electron chi connectivity index (χ2n) is 4.35. The number of ether oxygens (including phenoxy) is 1. The fourth-order valence-electron chi connectivity index (χ4n) is 2.01. The normalized spacial score (nSPS) is 12.1. The Hall–Kier alpha value is -2.32. The van der Waals surface area contributed by atoms with Gasteiger partial charge in [0.25, 0.3) is 0 Å². The fourth-order valence-corrected chi connectivity index (χ4v) is 2.01. The van der Waals surface area contributed by atoms with Crippen LogP contribution in [0.2, 0.25) is 0 Å². The first-order valence-electron chi connectivity index (χ1n) is 6.30. The van der Waals surface area contributed by atoms with Crippen molar-refractivity contribution < 1.29 is 9.84 Å². The van der Waals surface area contributed by atoms with Gasteiger partial charge in [-0.05, 0) is 30.5 Å². The molecule has 1 atom stereocenters. The van der Waals surface area contributed by atoms with E-state index in [0.29, 0.717) is 24.0 Å². The molecule has 1 radical (unpaired) electrons. The maximum atomic E-state index is 10.3. The van der Waals surface area contributed by atoms with E-state index in [1.54, 1.807) is 37.6 Å². The van der Waals surface area contributed by atoms with Crippen molar-refractivity contribution in [2.45, 2.75) is 19.1 Å². The lowest BCUT2D eigenvalue weighted by Crippen LogP contribution is -2.11. The maximum absolute atomic E-state index is 10.3. The summed E-state index contributed by atoms with van der Waals surface area (Å²) < 4.78 is 6.74. The molecular weight excluding hydrogens is 254 g/mol. The largest absolute Gasteiger partial charge is 0.493 e. The molecule has 1 aromatic heterocycles. The molecule has 1 N–H and O–H groups in total. The van der Waals surface area contributed by atoms with Crippen LogP contribution in [-0.4, -0.2) is 22.0 Å². The van der Waals surface area contributed by atoms with E-state index in [4.69, 9.17) is 10.00 Å². The number of nitriles is 1. The van der Waals surface area contributed by atoms with Crippen LogP contribution in [0, 0.1) is 18.3 Å². The van der Waals surface area contributed by atoms with Gasteiger partial charge >= 0.3 is 0 Å². The fraction of sp³-hybridized carbons (Fsp3) is 0.267. The minimum atomic E-state index is -0.334. The van der Waals surface area contributed by atoms with Crippen molar-refractivity contribution in [3.63, 3.8) is 0 Å². The minimum absolute atomic E-state index is 0.0509. The van der Waals surface area contributed by atoms with Gasteiger partial charge in [-0.1, -0.05) is 19.1 Å². The first-order valence-corrected chi connectivity index (χ1v) is 6.30. The van der Waals surface area contributed by atoms with E-state index in [2.05, 4.69) is 18.1 Å². The van der Waals surface area contributed by atoms with E-state index < -0.39 is 0 Å². The van der Waals surface area contributed by atoms with Crippen LogP contribution in [-0.2, 0) is 4.74 Å². The molecular formula is C15H16N3O2. The number of nitrogens with zero attached hydrogens (tertiary/aromatic N) is 3. The summed E-state index contributed by atoms with van der Waals surface area (Å²) in [6.45, 7) is 3.78. The molecule has 2 aromatic rings. The minimum Gasteiger partial charge on any atom is -0.493 e. The topological polar surface area (TPSA) is 71.1 Å². The van der Waals surface area contributed by atoms with Crippen LogP contribution in [0.15, 0.2) is 30.5 Å². The quantitative estimate of drug-likeness (QED) is 0.906. The highest BCUT2D eigenvalue weighted by Crippen LogP contribution is 2.32. The number of benzene rings is 1. The number of hydrogen-bond donors (Lipinski definition) is 1. The van der Waals surface area contributed by atoms with Crippen LogP contribution in [0.25, 0.3) is 11.1 Å². The third-order valence-electron chi connectivity index (χ3n) is 3.09. The molecule has 0 saturated heterocycles. The summed E-state index contributed by atoms with van der Waals surface area (Å²) >= 11 is 0. The molecule has 0 bridgehead atoms. The monoisotopic (exact) mass is 270 g/mol. The van der Waals surface area contributed by atoms with E-state index in [-0.39, 0.29) is 12.1 Å². The molecule has 1 aromatic carbocycles. The first kappa shape index (κ1) is 14.1. The van der Waals surface area contributed by atoms with Crippen molar-refractivity contribution in [1.29, 1.82) is 5.26 Å². The maximum Gasteiger partial charge on any atom is 0.219 e. The molecule has 0 aliphatic rings. The van der Waals surface area contributed by atoms with Crippen molar-refractivity contribution in [3.05, 3.63) is 42.9 Å². The van der Waals surface area contributed by atoms with Gasteiger partial charge in [0.15, 0.2) is 6.23 Å². The van der Waals surface area contributed by atoms with Crippen molar-refractivity contribution >= 4 is 0 Å². The molecule has 20 heavy (non-hydrogen) atoms. The lowest BCUT2D eigenvalue weighted by molar-refractivity contribution is 0.0218. The van der Waals surface area contributed by atoms with Gasteiger partial charge in [0, 0.05) is 7.11 Å². The number of hydrogen-bond acceptors (Lipinski definition) is 4. The van der Waals surface area contributed by atoms with Crippen LogP contribution in [0.5, 0.6) is 5.88 Å². The van der Waals surface area contributed by atoms with Gasteiger partial charge in [-0.25, -0.2) is 4.68 Å². The summed E-state index contributed by atoms with van der Waals surface area (Å²) in [6, 6.07) is 9.03. The van der Waals surface area contributed by atoms with Crippen LogP contribution in [0.1, 0.15) is 24.6 Å². The predicted molar refractivity (Wildman–Crippen MR) is 74.7 cm³/mol.